The summed E-state index contributed by atoms with van der Waals surface area (Å²) in [5, 5.41) is 6.40. The van der Waals surface area contributed by atoms with Crippen LogP contribution in [0.2, 0.25) is 0 Å². The van der Waals surface area contributed by atoms with Crippen molar-refractivity contribution in [2.24, 2.45) is 5.10 Å². The zero-order chi connectivity index (χ0) is 22.5. The first kappa shape index (κ1) is 22.2. The molecule has 2 heterocycles. The van der Waals surface area contributed by atoms with E-state index in [0.29, 0.717) is 19.6 Å². The molecule has 0 aliphatic carbocycles. The second-order valence-electron chi connectivity index (χ2n) is 8.52. The summed E-state index contributed by atoms with van der Waals surface area (Å²) in [7, 11) is 0. The largest absolute Gasteiger partial charge is 0.465 e. The zero-order valence-electron chi connectivity index (χ0n) is 18.9. The van der Waals surface area contributed by atoms with E-state index in [1.165, 1.54) is 5.56 Å². The van der Waals surface area contributed by atoms with E-state index in [1.54, 1.807) is 5.01 Å². The normalized spacial score (nSPS) is 21.3. The molecule has 1 saturated heterocycles. The molecule has 0 bridgehead atoms. The van der Waals surface area contributed by atoms with Crippen LogP contribution in [0.25, 0.3) is 0 Å². The molecule has 0 radical (unpaired) electrons. The van der Waals surface area contributed by atoms with E-state index in [9.17, 15) is 9.59 Å². The fourth-order valence-corrected chi connectivity index (χ4v) is 4.53. The third kappa shape index (κ3) is 4.91. The van der Waals surface area contributed by atoms with E-state index >= 15 is 0 Å². The van der Waals surface area contributed by atoms with Gasteiger partial charge < -0.3 is 4.74 Å². The average Bonchev–Trinajstić information content (AvgIpc) is 3.26. The van der Waals surface area contributed by atoms with Crippen molar-refractivity contribution in [3.8, 4) is 0 Å². The Morgan fingerprint density at radius 1 is 1.06 bits per heavy atom. The smallest absolute Gasteiger partial charge is 0.323 e. The topological polar surface area (TPSA) is 62.2 Å². The van der Waals surface area contributed by atoms with Gasteiger partial charge in [0, 0.05) is 6.42 Å². The summed E-state index contributed by atoms with van der Waals surface area (Å²) in [4.78, 5) is 27.9. The van der Waals surface area contributed by atoms with Crippen LogP contribution in [-0.4, -0.2) is 53.2 Å². The lowest BCUT2D eigenvalue weighted by molar-refractivity contribution is -0.152. The monoisotopic (exact) mass is 433 g/mol. The number of benzene rings is 2. The van der Waals surface area contributed by atoms with Crippen molar-refractivity contribution in [3.63, 3.8) is 0 Å². The average molecular weight is 434 g/mol. The van der Waals surface area contributed by atoms with Crippen LogP contribution in [0.1, 0.15) is 55.3 Å². The highest BCUT2D eigenvalue weighted by molar-refractivity contribution is 6.03. The molecule has 2 aliphatic rings. The number of aryl methyl sites for hydroxylation is 1. The van der Waals surface area contributed by atoms with Crippen molar-refractivity contribution in [1.29, 1.82) is 0 Å². The van der Waals surface area contributed by atoms with Crippen LogP contribution in [0.4, 0.5) is 0 Å². The number of carbonyl (C=O) groups is 2. The molecule has 0 unspecified atom stereocenters. The minimum atomic E-state index is -0.356. The van der Waals surface area contributed by atoms with Gasteiger partial charge in [-0.25, -0.2) is 5.01 Å². The van der Waals surface area contributed by atoms with E-state index < -0.39 is 0 Å². The predicted molar refractivity (Wildman–Crippen MR) is 124 cm³/mol. The number of nitrogens with zero attached hydrogens (tertiary/aromatic N) is 3. The second kappa shape index (κ2) is 10.1. The lowest BCUT2D eigenvalue weighted by atomic mass is 9.97. The van der Waals surface area contributed by atoms with Gasteiger partial charge in [0.25, 0.3) is 5.91 Å². The van der Waals surface area contributed by atoms with E-state index in [-0.39, 0.29) is 30.5 Å². The molecule has 0 spiro atoms. The number of hydrogen-bond donors (Lipinski definition) is 0. The lowest BCUT2D eigenvalue weighted by Gasteiger charge is -2.34. The summed E-state index contributed by atoms with van der Waals surface area (Å²) >= 11 is 0. The second-order valence-corrected chi connectivity index (χ2v) is 8.52. The van der Waals surface area contributed by atoms with E-state index in [0.717, 1.165) is 36.1 Å². The van der Waals surface area contributed by atoms with Crippen LogP contribution in [-0.2, 0) is 14.3 Å². The van der Waals surface area contributed by atoms with Crippen molar-refractivity contribution in [1.82, 2.24) is 9.91 Å². The molecule has 1 amide bonds. The van der Waals surface area contributed by atoms with Crippen molar-refractivity contribution < 1.29 is 14.3 Å². The fraction of sp³-hybridized carbons (Fsp3) is 0.423. The third-order valence-electron chi connectivity index (χ3n) is 6.25. The van der Waals surface area contributed by atoms with Gasteiger partial charge in [0.05, 0.1) is 24.9 Å². The Morgan fingerprint density at radius 2 is 1.81 bits per heavy atom. The maximum Gasteiger partial charge on any atom is 0.323 e. The predicted octanol–water partition coefficient (Wildman–Crippen LogP) is 4.09. The van der Waals surface area contributed by atoms with Crippen LogP contribution in [0, 0.1) is 6.92 Å². The molecule has 2 aliphatic heterocycles. The molecule has 168 valence electrons. The highest BCUT2D eigenvalue weighted by Crippen LogP contribution is 2.33. The maximum atomic E-state index is 13.5. The van der Waals surface area contributed by atoms with Crippen molar-refractivity contribution in [2.45, 2.75) is 51.6 Å². The Bertz CT molecular complexity index is 972. The summed E-state index contributed by atoms with van der Waals surface area (Å²) in [6.45, 7) is 5.10. The maximum absolute atomic E-state index is 13.5. The number of hydrazone groups is 1. The summed E-state index contributed by atoms with van der Waals surface area (Å²) < 4.78 is 5.26. The molecule has 2 atom stereocenters. The van der Waals surface area contributed by atoms with E-state index in [1.807, 2.05) is 42.2 Å². The molecule has 2 aromatic rings. The van der Waals surface area contributed by atoms with Gasteiger partial charge in [0.2, 0.25) is 0 Å². The molecule has 4 rings (SSSR count). The number of esters is 1. The third-order valence-corrected chi connectivity index (χ3v) is 6.25. The molecule has 6 heteroatoms. The molecule has 0 N–H and O–H groups in total. The van der Waals surface area contributed by atoms with Gasteiger partial charge >= 0.3 is 5.97 Å². The molecule has 1 fully saturated rings. The number of likely N-dealkylation sites (tertiary alicyclic amines) is 1. The quantitative estimate of drug-likeness (QED) is 0.644. The number of rotatable bonds is 6. The van der Waals surface area contributed by atoms with Crippen LogP contribution in [0.3, 0.4) is 0 Å². The van der Waals surface area contributed by atoms with Gasteiger partial charge in [0.1, 0.15) is 6.04 Å². The van der Waals surface area contributed by atoms with Gasteiger partial charge in [-0.15, -0.1) is 0 Å². The first-order valence-electron chi connectivity index (χ1n) is 11.5. The molecule has 32 heavy (non-hydrogen) atoms. The highest BCUT2D eigenvalue weighted by atomic mass is 16.5. The standard InChI is InChI=1S/C26H31N3O3/c1-3-32-26(31)23-11-7-8-16-28(23)18-25(30)29-24(21-14-12-19(2)13-15-21)17-22(27-29)20-9-5-4-6-10-20/h4-6,9-10,12-15,23-24H,3,7-8,11,16-18H2,1-2H3/t23-,24+/m0/s1. The van der Waals surface area contributed by atoms with Crippen LogP contribution in [0.15, 0.2) is 59.7 Å². The SMILES string of the molecule is CCOC(=O)[C@@H]1CCCCN1CC(=O)N1N=C(c2ccccc2)C[C@@H]1c1ccc(C)cc1. The molecule has 6 nitrogen and oxygen atoms in total. The fourth-order valence-electron chi connectivity index (χ4n) is 4.53. The summed E-state index contributed by atoms with van der Waals surface area (Å²) in [5.74, 6) is -0.317. The Balaban J connectivity index is 1.58. The molecule has 2 aromatic carbocycles. The zero-order valence-corrected chi connectivity index (χ0v) is 18.9. The van der Waals surface area contributed by atoms with Gasteiger partial charge in [-0.1, -0.05) is 66.6 Å². The Kier molecular flexibility index (Phi) is 7.00. The minimum Gasteiger partial charge on any atom is -0.465 e. The Labute approximate surface area is 189 Å². The number of amides is 1. The Hall–Kier alpha value is -2.99. The van der Waals surface area contributed by atoms with Crippen molar-refractivity contribution in [3.05, 3.63) is 71.3 Å². The number of carbonyl (C=O) groups excluding carboxylic acids is 2. The van der Waals surface area contributed by atoms with Crippen LogP contribution >= 0.6 is 0 Å². The Morgan fingerprint density at radius 3 is 2.53 bits per heavy atom. The number of hydrogen-bond acceptors (Lipinski definition) is 5. The number of ether oxygens (including phenoxy) is 1. The number of piperidine rings is 1. The summed E-state index contributed by atoms with van der Waals surface area (Å²) in [5.41, 5.74) is 4.19. The first-order valence-corrected chi connectivity index (χ1v) is 11.5. The first-order chi connectivity index (χ1) is 15.6. The van der Waals surface area contributed by atoms with Gasteiger partial charge in [-0.2, -0.15) is 5.10 Å². The van der Waals surface area contributed by atoms with Crippen LogP contribution in [0.5, 0.6) is 0 Å². The lowest BCUT2D eigenvalue weighted by Crippen LogP contribution is -2.49. The molecule has 0 aromatic heterocycles. The summed E-state index contributed by atoms with van der Waals surface area (Å²) in [6, 6.07) is 17.8. The summed E-state index contributed by atoms with van der Waals surface area (Å²) in [6.07, 6.45) is 3.34. The van der Waals surface area contributed by atoms with Gasteiger partial charge in [-0.3, -0.25) is 14.5 Å². The van der Waals surface area contributed by atoms with E-state index in [4.69, 9.17) is 9.84 Å². The molecule has 0 saturated carbocycles. The minimum absolute atomic E-state index is 0.0855. The van der Waals surface area contributed by atoms with Gasteiger partial charge in [0.15, 0.2) is 0 Å². The molecular weight excluding hydrogens is 402 g/mol. The van der Waals surface area contributed by atoms with Crippen molar-refractivity contribution in [2.75, 3.05) is 19.7 Å². The van der Waals surface area contributed by atoms with Crippen LogP contribution < -0.4 is 0 Å². The van der Waals surface area contributed by atoms with Crippen molar-refractivity contribution >= 4 is 17.6 Å². The highest BCUT2D eigenvalue weighted by Gasteiger charge is 2.36. The van der Waals surface area contributed by atoms with Gasteiger partial charge in [-0.05, 0) is 44.4 Å². The van der Waals surface area contributed by atoms with E-state index in [2.05, 4.69) is 31.2 Å². The molecular formula is C26H31N3O3.